The Morgan fingerprint density at radius 1 is 1.11 bits per heavy atom. The fourth-order valence-electron chi connectivity index (χ4n) is 7.66. The number of alkyl halides is 1. The molecule has 0 radical (unpaired) electrons. The summed E-state index contributed by atoms with van der Waals surface area (Å²) in [5.74, 6) is -2.88. The number of nitrogens with zero attached hydrogens (tertiary/aromatic N) is 3. The molecule has 0 unspecified atom stereocenters. The Morgan fingerprint density at radius 2 is 1.91 bits per heavy atom. The second-order valence-corrected chi connectivity index (χ2v) is 15.7. The average molecular weight is 655 g/mol. The largest absolute Gasteiger partial charge is 0.363 e. The van der Waals surface area contributed by atoms with E-state index in [1.807, 2.05) is 17.2 Å². The summed E-state index contributed by atoms with van der Waals surface area (Å²) in [7, 11) is -4.97. The van der Waals surface area contributed by atoms with Crippen LogP contribution in [0.3, 0.4) is 0 Å². The summed E-state index contributed by atoms with van der Waals surface area (Å²) in [5, 5.41) is 3.41. The van der Waals surface area contributed by atoms with Crippen LogP contribution in [0, 0.1) is 0 Å². The van der Waals surface area contributed by atoms with Gasteiger partial charge in [0.25, 0.3) is 5.91 Å². The average Bonchev–Trinajstić information content (AvgIpc) is 3.33. The first-order chi connectivity index (χ1) is 21.5. The summed E-state index contributed by atoms with van der Waals surface area (Å²) >= 11 is 1.16. The molecule has 7 rings (SSSR count). The van der Waals surface area contributed by atoms with Crippen molar-refractivity contribution in [1.82, 2.24) is 20.1 Å². The number of hydrogen-bond acceptors (Lipinski definition) is 6. The van der Waals surface area contributed by atoms with Crippen molar-refractivity contribution in [2.24, 2.45) is 0 Å². The molecule has 238 valence electrons. The molecule has 1 aliphatic carbocycles. The van der Waals surface area contributed by atoms with E-state index in [1.54, 1.807) is 17.2 Å². The number of fused-ring (bicyclic) bond motifs is 2. The Kier molecular flexibility index (Phi) is 7.83. The topological polar surface area (TPSA) is 140 Å². The number of thiophene rings is 1. The smallest absolute Gasteiger partial charge is 0.340 e. The van der Waals surface area contributed by atoms with Crippen molar-refractivity contribution in [1.29, 1.82) is 0 Å². The molecule has 1 spiro atoms. The van der Waals surface area contributed by atoms with E-state index in [0.29, 0.717) is 34.3 Å². The van der Waals surface area contributed by atoms with Crippen LogP contribution < -0.4 is 5.32 Å². The highest BCUT2D eigenvalue weighted by molar-refractivity contribution is 7.51. The van der Waals surface area contributed by atoms with Crippen LogP contribution >= 0.6 is 18.9 Å². The van der Waals surface area contributed by atoms with E-state index >= 15 is 0 Å². The molecule has 1 aromatic carbocycles. The maximum absolute atomic E-state index is 14.3. The van der Waals surface area contributed by atoms with Gasteiger partial charge in [-0.3, -0.25) is 23.9 Å². The number of hydrogen-bond donors (Lipinski definition) is 3. The van der Waals surface area contributed by atoms with Crippen molar-refractivity contribution in [2.45, 2.75) is 93.3 Å². The third kappa shape index (κ3) is 5.71. The van der Waals surface area contributed by atoms with Crippen molar-refractivity contribution < 1.29 is 33.1 Å². The van der Waals surface area contributed by atoms with Crippen molar-refractivity contribution in [3.8, 4) is 0 Å². The zero-order chi connectivity index (χ0) is 31.5. The molecule has 3 amide bonds. The van der Waals surface area contributed by atoms with E-state index in [2.05, 4.69) is 16.4 Å². The summed E-state index contributed by atoms with van der Waals surface area (Å²) in [6.45, 7) is 0.624. The molecule has 13 heteroatoms. The zero-order valence-electron chi connectivity index (χ0n) is 24.7. The molecule has 0 bridgehead atoms. The minimum atomic E-state index is -4.97. The van der Waals surface area contributed by atoms with Crippen molar-refractivity contribution >= 4 is 46.7 Å². The van der Waals surface area contributed by atoms with Crippen LogP contribution in [0.1, 0.15) is 90.4 Å². The third-order valence-corrected chi connectivity index (χ3v) is 12.1. The molecule has 45 heavy (non-hydrogen) atoms. The number of carbonyl (C=O) groups is 3. The van der Waals surface area contributed by atoms with Crippen molar-refractivity contribution in [3.05, 3.63) is 64.8 Å². The van der Waals surface area contributed by atoms with Crippen LogP contribution in [-0.2, 0) is 14.2 Å². The fraction of sp³-hybridized carbons (Fsp3) is 0.500. The molecule has 3 N–H and O–H groups in total. The summed E-state index contributed by atoms with van der Waals surface area (Å²) in [4.78, 5) is 68.7. The summed E-state index contributed by atoms with van der Waals surface area (Å²) < 4.78 is 26.3. The summed E-state index contributed by atoms with van der Waals surface area (Å²) in [6.07, 6.45) is 10.8. The third-order valence-electron chi connectivity index (χ3n) is 10.1. The Labute approximate surface area is 264 Å². The van der Waals surface area contributed by atoms with Gasteiger partial charge in [0.2, 0.25) is 17.7 Å². The number of halogens is 1. The van der Waals surface area contributed by atoms with Gasteiger partial charge in [-0.1, -0.05) is 25.0 Å². The number of pyridine rings is 1. The van der Waals surface area contributed by atoms with Crippen LogP contribution in [0.25, 0.3) is 10.1 Å². The summed E-state index contributed by atoms with van der Waals surface area (Å²) in [6, 6.07) is 8.35. The lowest BCUT2D eigenvalue weighted by atomic mass is 9.97. The number of nitrogens with one attached hydrogen (secondary N) is 1. The van der Waals surface area contributed by atoms with E-state index in [9.17, 15) is 33.1 Å². The van der Waals surface area contributed by atoms with E-state index in [4.69, 9.17) is 0 Å². The van der Waals surface area contributed by atoms with E-state index in [1.165, 1.54) is 18.2 Å². The van der Waals surface area contributed by atoms with Gasteiger partial charge < -0.3 is 24.9 Å². The molecule has 3 saturated heterocycles. The molecule has 2 aromatic heterocycles. The number of aromatic nitrogens is 1. The number of rotatable bonds is 6. The molecule has 4 aliphatic rings. The Morgan fingerprint density at radius 3 is 2.64 bits per heavy atom. The lowest BCUT2D eigenvalue weighted by Crippen LogP contribution is -2.57. The lowest BCUT2D eigenvalue weighted by molar-refractivity contribution is -0.148. The van der Waals surface area contributed by atoms with Crippen LogP contribution in [0.15, 0.2) is 48.8 Å². The molecule has 10 nitrogen and oxygen atoms in total. The predicted octanol–water partition coefficient (Wildman–Crippen LogP) is 5.02. The monoisotopic (exact) mass is 654 g/mol. The highest BCUT2D eigenvalue weighted by Crippen LogP contribution is 2.55. The van der Waals surface area contributed by atoms with Gasteiger partial charge in [-0.05, 0) is 85.7 Å². The van der Waals surface area contributed by atoms with Gasteiger partial charge in [-0.2, -0.15) is 0 Å². The standard InChI is InChI=1S/C32H36FN4O6PS/c33-28(44(41,42)43)19-7-10-26-21(14-19)15-27(45-26)29(38)35-24-6-2-1-5-23-8-9-25(37(23)30(24)39)31(40)36-18-22(16-32(36)11-12-32)20-4-3-13-34-17-20/h3-4,7,10,13-15,17,22-25,28H,1-2,5-6,8-9,11-12,16,18H2,(H,35,38)(H2,41,42,43)/t22-,23-,24-,25-,28+/m0/s1. The second-order valence-electron chi connectivity index (χ2n) is 13.0. The molecular formula is C32H36FN4O6PS. The number of benzene rings is 1. The van der Waals surface area contributed by atoms with E-state index in [0.717, 1.165) is 61.8 Å². The fourth-order valence-corrected chi connectivity index (χ4v) is 9.16. The Bertz CT molecular complexity index is 1690. The number of carbonyl (C=O) groups excluding carboxylic acids is 3. The molecule has 4 fully saturated rings. The van der Waals surface area contributed by atoms with Crippen LogP contribution in [0.5, 0.6) is 0 Å². The first-order valence-corrected chi connectivity index (χ1v) is 18.1. The molecule has 5 heterocycles. The minimum absolute atomic E-state index is 0.0159. The summed E-state index contributed by atoms with van der Waals surface area (Å²) in [5.41, 5.74) is 0.838. The van der Waals surface area contributed by atoms with Gasteiger partial charge in [-0.25, -0.2) is 4.39 Å². The highest BCUT2D eigenvalue weighted by Gasteiger charge is 2.58. The number of amides is 3. The first-order valence-electron chi connectivity index (χ1n) is 15.6. The quantitative estimate of drug-likeness (QED) is 0.317. The minimum Gasteiger partial charge on any atom is -0.340 e. The van der Waals surface area contributed by atoms with Crippen molar-refractivity contribution in [3.63, 3.8) is 0 Å². The van der Waals surface area contributed by atoms with Gasteiger partial charge in [0.05, 0.1) is 4.88 Å². The highest BCUT2D eigenvalue weighted by atomic mass is 32.1. The SMILES string of the molecule is O=C(N[C@H]1CCCC[C@H]2CC[C@@H](C(=O)N3C[C@@H](c4cccnc4)CC34CC4)N2C1=O)c1cc2cc([C@H](F)P(=O)(O)O)ccc2s1. The zero-order valence-corrected chi connectivity index (χ0v) is 26.4. The van der Waals surface area contributed by atoms with Crippen LogP contribution in [0.4, 0.5) is 4.39 Å². The molecule has 5 atom stereocenters. The maximum Gasteiger partial charge on any atom is 0.363 e. The van der Waals surface area contributed by atoms with Crippen molar-refractivity contribution in [2.75, 3.05) is 6.54 Å². The molecular weight excluding hydrogens is 618 g/mol. The normalized spacial score (nSPS) is 26.9. The Hall–Kier alpha value is -3.18. The van der Waals surface area contributed by atoms with Gasteiger partial charge in [0.1, 0.15) is 12.1 Å². The lowest BCUT2D eigenvalue weighted by Gasteiger charge is -2.37. The van der Waals surface area contributed by atoms with E-state index < -0.39 is 31.5 Å². The van der Waals surface area contributed by atoms with Gasteiger partial charge in [0.15, 0.2) is 0 Å². The number of likely N-dealkylation sites (tertiary alicyclic amines) is 1. The Balaban J connectivity index is 1.08. The van der Waals surface area contributed by atoms with Crippen LogP contribution in [0.2, 0.25) is 0 Å². The molecule has 3 aliphatic heterocycles. The molecule has 3 aromatic rings. The maximum atomic E-state index is 14.3. The molecule has 1 saturated carbocycles. The van der Waals surface area contributed by atoms with Gasteiger partial charge in [-0.15, -0.1) is 11.3 Å². The first kappa shape index (κ1) is 30.5. The van der Waals surface area contributed by atoms with Gasteiger partial charge >= 0.3 is 7.60 Å². The second kappa shape index (κ2) is 11.6. The predicted molar refractivity (Wildman–Crippen MR) is 166 cm³/mol. The van der Waals surface area contributed by atoms with E-state index in [-0.39, 0.29) is 34.9 Å². The van der Waals surface area contributed by atoms with Crippen LogP contribution in [-0.4, -0.2) is 72.5 Å². The van der Waals surface area contributed by atoms with Gasteiger partial charge in [0, 0.05) is 41.1 Å².